The van der Waals surface area contributed by atoms with Crippen LogP contribution < -0.4 is 0 Å². The first-order chi connectivity index (χ1) is 9.70. The predicted molar refractivity (Wildman–Crippen MR) is 80.8 cm³/mol. The minimum absolute atomic E-state index is 0.168. The van der Waals surface area contributed by atoms with E-state index in [1.807, 2.05) is 22.2 Å². The van der Waals surface area contributed by atoms with Crippen LogP contribution in [0.4, 0.5) is 0 Å². The molecule has 6 heteroatoms. The van der Waals surface area contributed by atoms with E-state index in [4.69, 9.17) is 9.47 Å². The molecule has 0 saturated heterocycles. The van der Waals surface area contributed by atoms with Crippen molar-refractivity contribution < 1.29 is 14.3 Å². The molecule has 1 unspecified atom stereocenters. The van der Waals surface area contributed by atoms with Crippen LogP contribution in [0.2, 0.25) is 0 Å². The average Bonchev–Trinajstić information content (AvgIpc) is 3.12. The number of esters is 1. The van der Waals surface area contributed by atoms with Gasteiger partial charge in [-0.05, 0) is 18.4 Å². The van der Waals surface area contributed by atoms with Gasteiger partial charge in [0, 0.05) is 16.3 Å². The number of nitrogens with zero attached hydrogens (tertiary/aromatic N) is 1. The highest BCUT2D eigenvalue weighted by molar-refractivity contribution is 7.14. The third kappa shape index (κ3) is 4.00. The Morgan fingerprint density at radius 2 is 2.40 bits per heavy atom. The molecule has 0 amide bonds. The van der Waals surface area contributed by atoms with E-state index >= 15 is 0 Å². The standard InChI is InChI=1S/C14H15NO3S2/c1-3-5-17-10(2)14(16)18-7-12-9-20-13(15-12)11-4-6-19-8-11/h3-4,6,8-10H,1,5,7H2,2H3. The number of ether oxygens (including phenoxy) is 2. The molecule has 0 spiro atoms. The van der Waals surface area contributed by atoms with Crippen molar-refractivity contribution in [3.63, 3.8) is 0 Å². The Hall–Kier alpha value is -1.50. The molecule has 0 N–H and O–H groups in total. The molecule has 1 atom stereocenters. The van der Waals surface area contributed by atoms with Crippen LogP contribution in [0, 0.1) is 0 Å². The van der Waals surface area contributed by atoms with Crippen molar-refractivity contribution >= 4 is 28.6 Å². The van der Waals surface area contributed by atoms with E-state index in [2.05, 4.69) is 11.6 Å². The third-order valence-corrected chi connectivity index (χ3v) is 4.10. The van der Waals surface area contributed by atoms with Crippen molar-refractivity contribution in [1.82, 2.24) is 4.98 Å². The SMILES string of the molecule is C=CCOC(C)C(=O)OCc1csc(-c2ccsc2)n1. The van der Waals surface area contributed by atoms with E-state index < -0.39 is 12.1 Å². The van der Waals surface area contributed by atoms with Crippen LogP contribution in [0.5, 0.6) is 0 Å². The fraction of sp³-hybridized carbons (Fsp3) is 0.286. The van der Waals surface area contributed by atoms with Gasteiger partial charge in [-0.25, -0.2) is 9.78 Å². The van der Waals surface area contributed by atoms with Crippen LogP contribution in [0.25, 0.3) is 10.6 Å². The first kappa shape index (κ1) is 14.9. The molecule has 0 saturated carbocycles. The monoisotopic (exact) mass is 309 g/mol. The third-order valence-electron chi connectivity index (χ3n) is 2.48. The first-order valence-corrected chi connectivity index (χ1v) is 7.89. The lowest BCUT2D eigenvalue weighted by atomic mass is 10.3. The molecule has 4 nitrogen and oxygen atoms in total. The largest absolute Gasteiger partial charge is 0.457 e. The van der Waals surface area contributed by atoms with Crippen LogP contribution in [0.15, 0.2) is 34.9 Å². The van der Waals surface area contributed by atoms with Crippen LogP contribution >= 0.6 is 22.7 Å². The van der Waals surface area contributed by atoms with Crippen LogP contribution in [-0.4, -0.2) is 23.7 Å². The zero-order valence-corrected chi connectivity index (χ0v) is 12.7. The number of carbonyl (C=O) groups is 1. The van der Waals surface area contributed by atoms with E-state index in [-0.39, 0.29) is 6.61 Å². The normalized spacial score (nSPS) is 12.1. The Kier molecular flexibility index (Phi) is 5.46. The van der Waals surface area contributed by atoms with Gasteiger partial charge in [0.15, 0.2) is 6.10 Å². The molecule has 0 aliphatic heterocycles. The van der Waals surface area contributed by atoms with Crippen molar-refractivity contribution in [3.8, 4) is 10.6 Å². The second kappa shape index (κ2) is 7.33. The summed E-state index contributed by atoms with van der Waals surface area (Å²) in [4.78, 5) is 16.1. The highest BCUT2D eigenvalue weighted by Crippen LogP contribution is 2.25. The van der Waals surface area contributed by atoms with Gasteiger partial charge < -0.3 is 9.47 Å². The maximum atomic E-state index is 11.7. The zero-order valence-electron chi connectivity index (χ0n) is 11.1. The Labute approximate surface area is 125 Å². The van der Waals surface area contributed by atoms with Gasteiger partial charge in [-0.3, -0.25) is 0 Å². The summed E-state index contributed by atoms with van der Waals surface area (Å²) in [7, 11) is 0. The number of rotatable bonds is 7. The summed E-state index contributed by atoms with van der Waals surface area (Å²) in [6.07, 6.45) is 1.00. The zero-order chi connectivity index (χ0) is 14.4. The number of aromatic nitrogens is 1. The Balaban J connectivity index is 1.85. The quantitative estimate of drug-likeness (QED) is 0.580. The number of carbonyl (C=O) groups excluding carboxylic acids is 1. The van der Waals surface area contributed by atoms with Gasteiger partial charge in [-0.1, -0.05) is 6.08 Å². The molecule has 0 fully saturated rings. The summed E-state index contributed by atoms with van der Waals surface area (Å²) in [6.45, 7) is 5.68. The second-order valence-corrected chi connectivity index (χ2v) is 5.67. The average molecular weight is 309 g/mol. The lowest BCUT2D eigenvalue weighted by Crippen LogP contribution is -2.23. The number of thiophene rings is 1. The Bertz CT molecular complexity index is 563. The molecule has 2 rings (SSSR count). The van der Waals surface area contributed by atoms with E-state index in [0.29, 0.717) is 6.61 Å². The molecule has 106 valence electrons. The molecule has 0 aliphatic rings. The number of hydrogen-bond acceptors (Lipinski definition) is 6. The predicted octanol–water partition coefficient (Wildman–Crippen LogP) is 3.51. The van der Waals surface area contributed by atoms with Gasteiger partial charge in [0.25, 0.3) is 0 Å². The summed E-state index contributed by atoms with van der Waals surface area (Å²) >= 11 is 3.17. The lowest BCUT2D eigenvalue weighted by molar-refractivity contribution is -0.156. The topological polar surface area (TPSA) is 48.4 Å². The van der Waals surface area contributed by atoms with Gasteiger partial charge in [-0.15, -0.1) is 17.9 Å². The van der Waals surface area contributed by atoms with Crippen molar-refractivity contribution in [1.29, 1.82) is 0 Å². The van der Waals surface area contributed by atoms with Crippen LogP contribution in [0.3, 0.4) is 0 Å². The molecular formula is C14H15NO3S2. The highest BCUT2D eigenvalue weighted by atomic mass is 32.1. The van der Waals surface area contributed by atoms with Crippen molar-refractivity contribution in [3.05, 3.63) is 40.6 Å². The number of hydrogen-bond donors (Lipinski definition) is 0. The van der Waals surface area contributed by atoms with Gasteiger partial charge in [0.1, 0.15) is 11.6 Å². The minimum Gasteiger partial charge on any atom is -0.457 e. The summed E-state index contributed by atoms with van der Waals surface area (Å²) in [5, 5.41) is 6.89. The Morgan fingerprint density at radius 1 is 1.55 bits per heavy atom. The van der Waals surface area contributed by atoms with Crippen molar-refractivity contribution in [2.24, 2.45) is 0 Å². The Morgan fingerprint density at radius 3 is 3.10 bits per heavy atom. The smallest absolute Gasteiger partial charge is 0.335 e. The molecule has 0 aliphatic carbocycles. The molecule has 2 aromatic rings. The molecule has 2 heterocycles. The maximum absolute atomic E-state index is 11.7. The fourth-order valence-corrected chi connectivity index (χ4v) is 2.95. The molecule has 0 radical (unpaired) electrons. The first-order valence-electron chi connectivity index (χ1n) is 6.07. The van der Waals surface area contributed by atoms with Crippen LogP contribution in [0.1, 0.15) is 12.6 Å². The number of thiazole rings is 1. The molecule has 2 aromatic heterocycles. The van der Waals surface area contributed by atoms with E-state index in [9.17, 15) is 4.79 Å². The van der Waals surface area contributed by atoms with Crippen LogP contribution in [-0.2, 0) is 20.9 Å². The summed E-state index contributed by atoms with van der Waals surface area (Å²) in [5.74, 6) is -0.392. The maximum Gasteiger partial charge on any atom is 0.335 e. The fourth-order valence-electron chi connectivity index (χ4n) is 1.43. The van der Waals surface area contributed by atoms with Crippen molar-refractivity contribution in [2.45, 2.75) is 19.6 Å². The summed E-state index contributed by atoms with van der Waals surface area (Å²) in [5.41, 5.74) is 1.85. The highest BCUT2D eigenvalue weighted by Gasteiger charge is 2.15. The van der Waals surface area contributed by atoms with Gasteiger partial charge in [-0.2, -0.15) is 11.3 Å². The second-order valence-electron chi connectivity index (χ2n) is 4.03. The van der Waals surface area contributed by atoms with Gasteiger partial charge in [0.05, 0.1) is 12.3 Å². The summed E-state index contributed by atoms with van der Waals surface area (Å²) in [6, 6.07) is 2.02. The molecule has 20 heavy (non-hydrogen) atoms. The molecular weight excluding hydrogens is 294 g/mol. The lowest BCUT2D eigenvalue weighted by Gasteiger charge is -2.10. The molecule has 0 aromatic carbocycles. The van der Waals surface area contributed by atoms with Gasteiger partial charge >= 0.3 is 5.97 Å². The van der Waals surface area contributed by atoms with E-state index in [1.54, 1.807) is 35.7 Å². The van der Waals surface area contributed by atoms with Crippen molar-refractivity contribution in [2.75, 3.05) is 6.61 Å². The van der Waals surface area contributed by atoms with E-state index in [0.717, 1.165) is 16.3 Å². The minimum atomic E-state index is -0.594. The molecule has 0 bridgehead atoms. The van der Waals surface area contributed by atoms with E-state index in [1.165, 1.54) is 0 Å². The summed E-state index contributed by atoms with van der Waals surface area (Å²) < 4.78 is 10.4. The van der Waals surface area contributed by atoms with Gasteiger partial charge in [0.2, 0.25) is 0 Å².